The van der Waals surface area contributed by atoms with Crippen LogP contribution in [0.3, 0.4) is 0 Å². The van der Waals surface area contributed by atoms with Gasteiger partial charge in [-0.15, -0.1) is 11.3 Å². The minimum absolute atomic E-state index is 0.00742. The molecular weight excluding hydrogens is 479 g/mol. The Labute approximate surface area is 206 Å². The lowest BCUT2D eigenvalue weighted by Crippen LogP contribution is -2.21. The molecule has 0 aliphatic heterocycles. The minimum Gasteiger partial charge on any atom is -0.268 e. The largest absolute Gasteiger partial charge is 0.268 e. The Balaban J connectivity index is 1.84. The van der Waals surface area contributed by atoms with Crippen LogP contribution in [0.15, 0.2) is 52.4 Å². The van der Waals surface area contributed by atoms with Gasteiger partial charge in [0.05, 0.1) is 21.1 Å². The van der Waals surface area contributed by atoms with Crippen LogP contribution < -0.4 is 5.56 Å². The zero-order valence-electron chi connectivity index (χ0n) is 18.2. The van der Waals surface area contributed by atoms with Gasteiger partial charge in [0.1, 0.15) is 4.83 Å². The van der Waals surface area contributed by atoms with Crippen molar-refractivity contribution in [3.8, 4) is 5.69 Å². The number of benzene rings is 2. The van der Waals surface area contributed by atoms with Crippen molar-refractivity contribution in [2.24, 2.45) is 0 Å². The second-order valence-corrected chi connectivity index (χ2v) is 10.5. The van der Waals surface area contributed by atoms with Crippen LogP contribution in [-0.2, 0) is 18.6 Å². The summed E-state index contributed by atoms with van der Waals surface area (Å²) in [4.78, 5) is 20.7. The Morgan fingerprint density at radius 2 is 1.75 bits per heavy atom. The summed E-state index contributed by atoms with van der Waals surface area (Å²) in [5.41, 5.74) is 4.15. The van der Waals surface area contributed by atoms with Crippen LogP contribution in [0.2, 0.25) is 10.0 Å². The molecule has 166 valence electrons. The molecule has 2 heterocycles. The first-order chi connectivity index (χ1) is 15.4. The van der Waals surface area contributed by atoms with Crippen LogP contribution in [0.4, 0.5) is 0 Å². The van der Waals surface area contributed by atoms with Crippen molar-refractivity contribution in [3.05, 3.63) is 84.4 Å². The lowest BCUT2D eigenvalue weighted by molar-refractivity contribution is 0.821. The van der Waals surface area contributed by atoms with Crippen LogP contribution in [0, 0.1) is 6.92 Å². The lowest BCUT2D eigenvalue weighted by Gasteiger charge is -2.13. The maximum atomic E-state index is 13.7. The highest BCUT2D eigenvalue weighted by molar-refractivity contribution is 7.98. The first-order valence-electron chi connectivity index (χ1n) is 10.6. The minimum atomic E-state index is -0.00742. The van der Waals surface area contributed by atoms with Crippen LogP contribution in [-0.4, -0.2) is 9.55 Å². The molecule has 0 N–H and O–H groups in total. The molecule has 0 aliphatic rings. The molecule has 7 heteroatoms. The molecule has 2 aromatic carbocycles. The van der Waals surface area contributed by atoms with E-state index in [0.717, 1.165) is 46.3 Å². The van der Waals surface area contributed by atoms with Gasteiger partial charge in [-0.1, -0.05) is 73.4 Å². The zero-order valence-corrected chi connectivity index (χ0v) is 21.4. The van der Waals surface area contributed by atoms with Gasteiger partial charge < -0.3 is 0 Å². The number of nitrogens with zero attached hydrogens (tertiary/aromatic N) is 2. The summed E-state index contributed by atoms with van der Waals surface area (Å²) in [6.07, 6.45) is 2.96. The van der Waals surface area contributed by atoms with E-state index in [1.54, 1.807) is 22.0 Å². The van der Waals surface area contributed by atoms with Gasteiger partial charge in [0.15, 0.2) is 5.16 Å². The van der Waals surface area contributed by atoms with Gasteiger partial charge in [-0.2, -0.15) is 0 Å². The highest BCUT2D eigenvalue weighted by Gasteiger charge is 2.19. The number of fused-ring (bicyclic) bond motifs is 1. The number of hydrogen-bond acceptors (Lipinski definition) is 4. The number of aromatic nitrogens is 2. The normalized spacial score (nSPS) is 11.4. The summed E-state index contributed by atoms with van der Waals surface area (Å²) < 4.78 is 1.75. The van der Waals surface area contributed by atoms with E-state index in [0.29, 0.717) is 21.0 Å². The van der Waals surface area contributed by atoms with E-state index in [-0.39, 0.29) is 5.56 Å². The molecule has 3 nitrogen and oxygen atoms in total. The zero-order chi connectivity index (χ0) is 22.8. The van der Waals surface area contributed by atoms with Crippen molar-refractivity contribution in [3.63, 3.8) is 0 Å². The van der Waals surface area contributed by atoms with E-state index in [1.165, 1.54) is 22.2 Å². The molecule has 0 spiro atoms. The van der Waals surface area contributed by atoms with E-state index in [1.807, 2.05) is 31.2 Å². The first kappa shape index (κ1) is 23.4. The molecule has 0 amide bonds. The summed E-state index contributed by atoms with van der Waals surface area (Å²) >= 11 is 15.4. The molecule has 0 fully saturated rings. The van der Waals surface area contributed by atoms with Gasteiger partial charge in [0, 0.05) is 10.6 Å². The molecular formula is C25H24Cl2N2OS2. The molecule has 0 atom stereocenters. The molecule has 0 saturated carbocycles. The molecule has 0 unspecified atom stereocenters. The fourth-order valence-electron chi connectivity index (χ4n) is 3.66. The molecule has 0 saturated heterocycles. The monoisotopic (exact) mass is 502 g/mol. The van der Waals surface area contributed by atoms with Crippen LogP contribution >= 0.6 is 46.3 Å². The third-order valence-corrected chi connectivity index (χ3v) is 8.46. The second kappa shape index (κ2) is 10.0. The second-order valence-electron chi connectivity index (χ2n) is 7.67. The van der Waals surface area contributed by atoms with Gasteiger partial charge in [0.25, 0.3) is 5.56 Å². The van der Waals surface area contributed by atoms with E-state index in [2.05, 4.69) is 26.0 Å². The average molecular weight is 504 g/mol. The molecule has 2 aromatic heterocycles. The number of hydrogen-bond donors (Lipinski definition) is 0. The molecule has 0 aliphatic carbocycles. The van der Waals surface area contributed by atoms with Crippen molar-refractivity contribution in [1.82, 2.24) is 9.55 Å². The van der Waals surface area contributed by atoms with Gasteiger partial charge in [-0.3, -0.25) is 9.36 Å². The van der Waals surface area contributed by atoms with E-state index >= 15 is 0 Å². The van der Waals surface area contributed by atoms with E-state index in [9.17, 15) is 4.79 Å². The number of halogens is 2. The SMILES string of the molecule is CCCc1sc2nc(SCc3ccc(Cl)c(Cl)c3)n(-c3ccc(CC)cc3)c(=O)c2c1C. The van der Waals surface area contributed by atoms with Crippen molar-refractivity contribution in [2.45, 2.75) is 50.9 Å². The first-order valence-corrected chi connectivity index (χ1v) is 13.2. The fourth-order valence-corrected chi connectivity index (χ4v) is 6.25. The van der Waals surface area contributed by atoms with Crippen molar-refractivity contribution in [1.29, 1.82) is 0 Å². The standard InChI is InChI=1S/C25H24Cl2N2OS2/c1-4-6-21-15(3)22-23(32-21)28-25(31-14-17-9-12-19(26)20(27)13-17)29(24(22)30)18-10-7-16(5-2)8-11-18/h7-13H,4-6,14H2,1-3H3. The van der Waals surface area contributed by atoms with Crippen LogP contribution in [0.5, 0.6) is 0 Å². The Kier molecular flexibility index (Phi) is 7.30. The number of aryl methyl sites for hydroxylation is 3. The van der Waals surface area contributed by atoms with Crippen molar-refractivity contribution in [2.75, 3.05) is 0 Å². The average Bonchev–Trinajstić information content (AvgIpc) is 3.10. The van der Waals surface area contributed by atoms with Gasteiger partial charge in [-0.05, 0) is 60.7 Å². The quantitative estimate of drug-likeness (QED) is 0.190. The van der Waals surface area contributed by atoms with Crippen molar-refractivity contribution >= 4 is 56.5 Å². The summed E-state index contributed by atoms with van der Waals surface area (Å²) in [5, 5.41) is 2.48. The molecule has 4 aromatic rings. The highest BCUT2D eigenvalue weighted by Crippen LogP contribution is 2.33. The summed E-state index contributed by atoms with van der Waals surface area (Å²) in [5.74, 6) is 0.633. The summed E-state index contributed by atoms with van der Waals surface area (Å²) in [6.45, 7) is 6.32. The molecule has 0 radical (unpaired) electrons. The fraction of sp³-hybridized carbons (Fsp3) is 0.280. The molecule has 32 heavy (non-hydrogen) atoms. The maximum absolute atomic E-state index is 13.7. The van der Waals surface area contributed by atoms with E-state index < -0.39 is 0 Å². The summed E-state index contributed by atoms with van der Waals surface area (Å²) in [7, 11) is 0. The summed E-state index contributed by atoms with van der Waals surface area (Å²) in [6, 6.07) is 13.8. The predicted molar refractivity (Wildman–Crippen MR) is 139 cm³/mol. The van der Waals surface area contributed by atoms with Crippen LogP contribution in [0.1, 0.15) is 41.8 Å². The Hall–Kier alpha value is -1.79. The maximum Gasteiger partial charge on any atom is 0.267 e. The Morgan fingerprint density at radius 3 is 2.41 bits per heavy atom. The molecule has 4 rings (SSSR count). The number of thiophene rings is 1. The third kappa shape index (κ3) is 4.62. The van der Waals surface area contributed by atoms with Gasteiger partial charge >= 0.3 is 0 Å². The van der Waals surface area contributed by atoms with Gasteiger partial charge in [-0.25, -0.2) is 4.98 Å². The van der Waals surface area contributed by atoms with Crippen LogP contribution in [0.25, 0.3) is 15.9 Å². The van der Waals surface area contributed by atoms with Crippen molar-refractivity contribution < 1.29 is 0 Å². The molecule has 0 bridgehead atoms. The Morgan fingerprint density at radius 1 is 1.03 bits per heavy atom. The topological polar surface area (TPSA) is 34.9 Å². The Bertz CT molecular complexity index is 1330. The number of rotatable bonds is 7. The lowest BCUT2D eigenvalue weighted by atomic mass is 10.1. The highest BCUT2D eigenvalue weighted by atomic mass is 35.5. The third-order valence-electron chi connectivity index (χ3n) is 5.46. The smallest absolute Gasteiger partial charge is 0.267 e. The predicted octanol–water partition coefficient (Wildman–Crippen LogP) is 7.87. The van der Waals surface area contributed by atoms with E-state index in [4.69, 9.17) is 28.2 Å². The van der Waals surface area contributed by atoms with Gasteiger partial charge in [0.2, 0.25) is 0 Å². The number of thioether (sulfide) groups is 1.